The first-order chi connectivity index (χ1) is 8.47. The molecule has 1 unspecified atom stereocenters. The van der Waals surface area contributed by atoms with Gasteiger partial charge in [0, 0.05) is 31.0 Å². The van der Waals surface area contributed by atoms with Crippen LogP contribution < -0.4 is 0 Å². The van der Waals surface area contributed by atoms with E-state index in [0.29, 0.717) is 25.1 Å². The Kier molecular flexibility index (Phi) is 3.45. The SMILES string of the molecule is Cc1cc(F)cc(C(=O)N2CCC(=O)C(C)C2)c1. The van der Waals surface area contributed by atoms with Gasteiger partial charge in [0.1, 0.15) is 11.6 Å². The number of rotatable bonds is 1. The predicted molar refractivity (Wildman–Crippen MR) is 65.8 cm³/mol. The summed E-state index contributed by atoms with van der Waals surface area (Å²) in [7, 11) is 0. The van der Waals surface area contributed by atoms with Gasteiger partial charge in [0.25, 0.3) is 5.91 Å². The zero-order chi connectivity index (χ0) is 13.3. The number of likely N-dealkylation sites (tertiary alicyclic amines) is 1. The number of amides is 1. The van der Waals surface area contributed by atoms with Gasteiger partial charge in [-0.2, -0.15) is 0 Å². The number of carbonyl (C=O) groups is 2. The molecule has 0 aromatic heterocycles. The monoisotopic (exact) mass is 249 g/mol. The zero-order valence-corrected chi connectivity index (χ0v) is 10.6. The molecule has 2 rings (SSSR count). The molecular weight excluding hydrogens is 233 g/mol. The number of piperidine rings is 1. The van der Waals surface area contributed by atoms with E-state index in [4.69, 9.17) is 0 Å². The second-order valence-corrected chi connectivity index (χ2v) is 4.89. The van der Waals surface area contributed by atoms with E-state index >= 15 is 0 Å². The molecule has 1 heterocycles. The van der Waals surface area contributed by atoms with E-state index < -0.39 is 5.82 Å². The predicted octanol–water partition coefficient (Wildman–Crippen LogP) is 2.19. The minimum Gasteiger partial charge on any atom is -0.337 e. The van der Waals surface area contributed by atoms with Crippen LogP contribution in [0.2, 0.25) is 0 Å². The molecule has 0 spiro atoms. The van der Waals surface area contributed by atoms with Crippen molar-refractivity contribution in [2.75, 3.05) is 13.1 Å². The van der Waals surface area contributed by atoms with Crippen LogP contribution in [0, 0.1) is 18.7 Å². The molecule has 1 aliphatic rings. The zero-order valence-electron chi connectivity index (χ0n) is 10.6. The Balaban J connectivity index is 2.18. The fraction of sp³-hybridized carbons (Fsp3) is 0.429. The Morgan fingerprint density at radius 2 is 2.11 bits per heavy atom. The van der Waals surface area contributed by atoms with E-state index in [9.17, 15) is 14.0 Å². The van der Waals surface area contributed by atoms with Crippen molar-refractivity contribution in [3.8, 4) is 0 Å². The summed E-state index contributed by atoms with van der Waals surface area (Å²) in [6.45, 7) is 4.42. The molecule has 3 nitrogen and oxygen atoms in total. The fourth-order valence-electron chi connectivity index (χ4n) is 2.24. The van der Waals surface area contributed by atoms with Crippen molar-refractivity contribution in [1.29, 1.82) is 0 Å². The van der Waals surface area contributed by atoms with Gasteiger partial charge in [0.05, 0.1) is 0 Å². The van der Waals surface area contributed by atoms with Gasteiger partial charge in [0.15, 0.2) is 0 Å². The van der Waals surface area contributed by atoms with Crippen LogP contribution in [0.25, 0.3) is 0 Å². The van der Waals surface area contributed by atoms with Crippen LogP contribution in [-0.4, -0.2) is 29.7 Å². The highest BCUT2D eigenvalue weighted by Crippen LogP contribution is 2.17. The number of hydrogen-bond acceptors (Lipinski definition) is 2. The maximum atomic E-state index is 13.3. The summed E-state index contributed by atoms with van der Waals surface area (Å²) in [6.07, 6.45) is 0.390. The third kappa shape index (κ3) is 2.58. The number of Topliss-reactive ketones (excluding diaryl/α,β-unsaturated/α-hetero) is 1. The number of nitrogens with zero attached hydrogens (tertiary/aromatic N) is 1. The van der Waals surface area contributed by atoms with Crippen LogP contribution in [0.5, 0.6) is 0 Å². The van der Waals surface area contributed by atoms with Crippen LogP contribution in [0.4, 0.5) is 4.39 Å². The van der Waals surface area contributed by atoms with Gasteiger partial charge < -0.3 is 4.90 Å². The lowest BCUT2D eigenvalue weighted by Gasteiger charge is -2.30. The highest BCUT2D eigenvalue weighted by molar-refractivity contribution is 5.95. The van der Waals surface area contributed by atoms with Crippen LogP contribution in [-0.2, 0) is 4.79 Å². The Bertz CT molecular complexity index is 478. The first kappa shape index (κ1) is 12.7. The highest BCUT2D eigenvalue weighted by Gasteiger charge is 2.27. The lowest BCUT2D eigenvalue weighted by molar-refractivity contribution is -0.124. The van der Waals surface area contributed by atoms with E-state index in [1.165, 1.54) is 12.1 Å². The maximum absolute atomic E-state index is 13.3. The van der Waals surface area contributed by atoms with Crippen molar-refractivity contribution in [2.24, 2.45) is 5.92 Å². The molecule has 1 amide bonds. The third-order valence-electron chi connectivity index (χ3n) is 3.25. The van der Waals surface area contributed by atoms with Crippen molar-refractivity contribution in [2.45, 2.75) is 20.3 Å². The lowest BCUT2D eigenvalue weighted by atomic mass is 9.98. The van der Waals surface area contributed by atoms with Crippen LogP contribution >= 0.6 is 0 Å². The molecule has 1 aromatic rings. The minimum absolute atomic E-state index is 0.127. The summed E-state index contributed by atoms with van der Waals surface area (Å²) in [5, 5.41) is 0. The summed E-state index contributed by atoms with van der Waals surface area (Å²) in [5.74, 6) is -0.539. The summed E-state index contributed by atoms with van der Waals surface area (Å²) >= 11 is 0. The molecule has 1 aromatic carbocycles. The lowest BCUT2D eigenvalue weighted by Crippen LogP contribution is -2.43. The molecule has 0 radical (unpaired) electrons. The molecule has 0 saturated carbocycles. The molecular formula is C14H16FNO2. The molecule has 1 atom stereocenters. The van der Waals surface area contributed by atoms with Crippen molar-refractivity contribution in [1.82, 2.24) is 4.90 Å². The third-order valence-corrected chi connectivity index (χ3v) is 3.25. The van der Waals surface area contributed by atoms with Crippen LogP contribution in [0.1, 0.15) is 29.3 Å². The summed E-state index contributed by atoms with van der Waals surface area (Å²) in [4.78, 5) is 25.2. The van der Waals surface area contributed by atoms with Crippen LogP contribution in [0.3, 0.4) is 0 Å². The molecule has 18 heavy (non-hydrogen) atoms. The second-order valence-electron chi connectivity index (χ2n) is 4.89. The summed E-state index contributed by atoms with van der Waals surface area (Å²) < 4.78 is 13.3. The molecule has 0 aliphatic carbocycles. The van der Waals surface area contributed by atoms with E-state index in [-0.39, 0.29) is 17.6 Å². The first-order valence-electron chi connectivity index (χ1n) is 6.06. The Labute approximate surface area is 106 Å². The smallest absolute Gasteiger partial charge is 0.253 e. The van der Waals surface area contributed by atoms with Crippen molar-refractivity contribution < 1.29 is 14.0 Å². The van der Waals surface area contributed by atoms with Gasteiger partial charge in [-0.1, -0.05) is 6.92 Å². The highest BCUT2D eigenvalue weighted by atomic mass is 19.1. The molecule has 1 fully saturated rings. The minimum atomic E-state index is -0.403. The Hall–Kier alpha value is -1.71. The van der Waals surface area contributed by atoms with Crippen LogP contribution in [0.15, 0.2) is 18.2 Å². The molecule has 4 heteroatoms. The maximum Gasteiger partial charge on any atom is 0.253 e. The summed E-state index contributed by atoms with van der Waals surface area (Å²) in [6, 6.07) is 4.31. The van der Waals surface area contributed by atoms with E-state index in [1.54, 1.807) is 17.9 Å². The Morgan fingerprint density at radius 3 is 2.72 bits per heavy atom. The fourth-order valence-corrected chi connectivity index (χ4v) is 2.24. The largest absolute Gasteiger partial charge is 0.337 e. The van der Waals surface area contributed by atoms with E-state index in [2.05, 4.69) is 0 Å². The van der Waals surface area contributed by atoms with Gasteiger partial charge in [0.2, 0.25) is 0 Å². The number of hydrogen-bond donors (Lipinski definition) is 0. The number of halogens is 1. The van der Waals surface area contributed by atoms with Gasteiger partial charge in [-0.15, -0.1) is 0 Å². The average molecular weight is 249 g/mol. The van der Waals surface area contributed by atoms with E-state index in [1.807, 2.05) is 6.92 Å². The van der Waals surface area contributed by atoms with Gasteiger partial charge in [-0.05, 0) is 30.7 Å². The van der Waals surface area contributed by atoms with Gasteiger partial charge in [-0.25, -0.2) is 4.39 Å². The number of carbonyl (C=O) groups excluding carboxylic acids is 2. The van der Waals surface area contributed by atoms with Gasteiger partial charge >= 0.3 is 0 Å². The van der Waals surface area contributed by atoms with Crippen molar-refractivity contribution >= 4 is 11.7 Å². The molecule has 0 N–H and O–H groups in total. The van der Waals surface area contributed by atoms with Crippen molar-refractivity contribution in [3.63, 3.8) is 0 Å². The molecule has 0 bridgehead atoms. The van der Waals surface area contributed by atoms with Gasteiger partial charge in [-0.3, -0.25) is 9.59 Å². The number of benzene rings is 1. The molecule has 1 saturated heterocycles. The Morgan fingerprint density at radius 1 is 1.39 bits per heavy atom. The standard InChI is InChI=1S/C14H16FNO2/c1-9-5-11(7-12(15)6-9)14(18)16-4-3-13(17)10(2)8-16/h5-7,10H,3-4,8H2,1-2H3. The molecule has 1 aliphatic heterocycles. The topological polar surface area (TPSA) is 37.4 Å². The molecule has 96 valence electrons. The quantitative estimate of drug-likeness (QED) is 0.765. The average Bonchev–Trinajstić information content (AvgIpc) is 2.30. The number of aryl methyl sites for hydroxylation is 1. The first-order valence-corrected chi connectivity index (χ1v) is 6.06. The second kappa shape index (κ2) is 4.88. The number of ketones is 1. The van der Waals surface area contributed by atoms with Crippen molar-refractivity contribution in [3.05, 3.63) is 35.1 Å². The van der Waals surface area contributed by atoms with E-state index in [0.717, 1.165) is 5.56 Å². The normalized spacial score (nSPS) is 20.1. The summed E-state index contributed by atoms with van der Waals surface area (Å²) in [5.41, 5.74) is 1.08.